The zero-order chi connectivity index (χ0) is 13.2. The van der Waals surface area contributed by atoms with Gasteiger partial charge in [-0.25, -0.2) is 4.79 Å². The minimum atomic E-state index is -0.446. The Labute approximate surface area is 108 Å². The van der Waals surface area contributed by atoms with E-state index in [9.17, 15) is 4.79 Å². The van der Waals surface area contributed by atoms with Gasteiger partial charge in [-0.05, 0) is 32.9 Å². The summed E-state index contributed by atoms with van der Waals surface area (Å²) in [7, 11) is 0. The van der Waals surface area contributed by atoms with E-state index in [-0.39, 0.29) is 5.97 Å². The SMILES string of the molecule is CC(C)(C)C(=O)ON1CC(Nc2ccccc2)C1. The Morgan fingerprint density at radius 3 is 2.44 bits per heavy atom. The van der Waals surface area contributed by atoms with Gasteiger partial charge in [0.2, 0.25) is 0 Å². The third-order valence-corrected chi connectivity index (χ3v) is 2.82. The van der Waals surface area contributed by atoms with Crippen LogP contribution in [0.3, 0.4) is 0 Å². The number of anilines is 1. The topological polar surface area (TPSA) is 41.6 Å². The second-order valence-electron chi connectivity index (χ2n) is 5.68. The highest BCUT2D eigenvalue weighted by Crippen LogP contribution is 2.20. The van der Waals surface area contributed by atoms with Crippen LogP contribution in [-0.4, -0.2) is 30.2 Å². The molecule has 1 aromatic carbocycles. The number of benzene rings is 1. The minimum absolute atomic E-state index is 0.180. The second kappa shape index (κ2) is 4.98. The smallest absolute Gasteiger partial charge is 0.330 e. The maximum atomic E-state index is 11.6. The number of rotatable bonds is 3. The Kier molecular flexibility index (Phi) is 3.57. The van der Waals surface area contributed by atoms with Gasteiger partial charge in [-0.15, -0.1) is 5.06 Å². The van der Waals surface area contributed by atoms with Crippen LogP contribution in [0.5, 0.6) is 0 Å². The maximum absolute atomic E-state index is 11.6. The van der Waals surface area contributed by atoms with Crippen LogP contribution >= 0.6 is 0 Å². The zero-order valence-electron chi connectivity index (χ0n) is 11.1. The summed E-state index contributed by atoms with van der Waals surface area (Å²) in [4.78, 5) is 16.9. The molecule has 1 N–H and O–H groups in total. The number of nitrogens with zero attached hydrogens (tertiary/aromatic N) is 1. The van der Waals surface area contributed by atoms with Crippen LogP contribution in [0.1, 0.15) is 20.8 Å². The number of para-hydroxylation sites is 1. The molecular formula is C14H20N2O2. The molecule has 1 aliphatic rings. The van der Waals surface area contributed by atoms with Crippen molar-refractivity contribution in [2.75, 3.05) is 18.4 Å². The van der Waals surface area contributed by atoms with E-state index < -0.39 is 5.41 Å². The number of hydrogen-bond acceptors (Lipinski definition) is 4. The van der Waals surface area contributed by atoms with Gasteiger partial charge >= 0.3 is 5.97 Å². The predicted octanol–water partition coefficient (Wildman–Crippen LogP) is 2.29. The fraction of sp³-hybridized carbons (Fsp3) is 0.500. The third kappa shape index (κ3) is 3.23. The van der Waals surface area contributed by atoms with Gasteiger partial charge in [0.05, 0.1) is 24.5 Å². The molecule has 0 aromatic heterocycles. The lowest BCUT2D eigenvalue weighted by Gasteiger charge is -2.39. The highest BCUT2D eigenvalue weighted by molar-refractivity contribution is 5.75. The Hall–Kier alpha value is -1.55. The van der Waals surface area contributed by atoms with E-state index in [1.165, 1.54) is 0 Å². The molecule has 0 amide bonds. The van der Waals surface area contributed by atoms with E-state index >= 15 is 0 Å². The predicted molar refractivity (Wildman–Crippen MR) is 71.0 cm³/mol. The van der Waals surface area contributed by atoms with Gasteiger partial charge in [0.1, 0.15) is 0 Å². The number of hydroxylamine groups is 2. The summed E-state index contributed by atoms with van der Waals surface area (Å²) < 4.78 is 0. The van der Waals surface area contributed by atoms with E-state index in [0.717, 1.165) is 18.8 Å². The fourth-order valence-electron chi connectivity index (χ4n) is 1.63. The van der Waals surface area contributed by atoms with E-state index in [0.29, 0.717) is 6.04 Å². The number of carbonyl (C=O) groups is 1. The standard InChI is InChI=1S/C14H20N2O2/c1-14(2,3)13(17)18-16-9-12(10-16)15-11-7-5-4-6-8-11/h4-8,12,15H,9-10H2,1-3H3. The summed E-state index contributed by atoms with van der Waals surface area (Å²) in [6.45, 7) is 7.03. The Balaban J connectivity index is 1.73. The lowest BCUT2D eigenvalue weighted by atomic mass is 9.98. The van der Waals surface area contributed by atoms with E-state index in [4.69, 9.17) is 4.84 Å². The van der Waals surface area contributed by atoms with Crippen molar-refractivity contribution in [1.29, 1.82) is 0 Å². The summed E-state index contributed by atoms with van der Waals surface area (Å²) in [6.07, 6.45) is 0. The van der Waals surface area contributed by atoms with Crippen molar-refractivity contribution < 1.29 is 9.63 Å². The molecule has 0 unspecified atom stereocenters. The molecule has 0 atom stereocenters. The van der Waals surface area contributed by atoms with Gasteiger partial charge in [-0.3, -0.25) is 0 Å². The first kappa shape index (κ1) is 12.9. The summed E-state index contributed by atoms with van der Waals surface area (Å²) in [5.41, 5.74) is 0.655. The molecule has 0 spiro atoms. The summed E-state index contributed by atoms with van der Waals surface area (Å²) in [5.74, 6) is -0.180. The molecule has 0 aliphatic carbocycles. The number of hydrogen-bond donors (Lipinski definition) is 1. The van der Waals surface area contributed by atoms with E-state index in [2.05, 4.69) is 5.32 Å². The van der Waals surface area contributed by atoms with Crippen molar-refractivity contribution in [1.82, 2.24) is 5.06 Å². The van der Waals surface area contributed by atoms with Crippen molar-refractivity contribution in [3.63, 3.8) is 0 Å². The summed E-state index contributed by atoms with van der Waals surface area (Å²) in [5, 5.41) is 5.09. The molecular weight excluding hydrogens is 228 g/mol. The van der Waals surface area contributed by atoms with Crippen molar-refractivity contribution in [3.05, 3.63) is 30.3 Å². The van der Waals surface area contributed by atoms with Crippen LogP contribution in [0.25, 0.3) is 0 Å². The molecule has 98 valence electrons. The maximum Gasteiger partial charge on any atom is 0.330 e. The third-order valence-electron chi connectivity index (χ3n) is 2.82. The molecule has 4 nitrogen and oxygen atoms in total. The fourth-order valence-corrected chi connectivity index (χ4v) is 1.63. The van der Waals surface area contributed by atoms with Crippen LogP contribution in [0.4, 0.5) is 5.69 Å². The van der Waals surface area contributed by atoms with Crippen LogP contribution in [0, 0.1) is 5.41 Å². The zero-order valence-corrected chi connectivity index (χ0v) is 11.1. The van der Waals surface area contributed by atoms with Crippen molar-refractivity contribution in [2.24, 2.45) is 5.41 Å². The average molecular weight is 248 g/mol. The normalized spacial score (nSPS) is 17.1. The van der Waals surface area contributed by atoms with Crippen molar-refractivity contribution in [3.8, 4) is 0 Å². The molecule has 1 heterocycles. The van der Waals surface area contributed by atoms with Crippen molar-refractivity contribution >= 4 is 11.7 Å². The molecule has 4 heteroatoms. The van der Waals surface area contributed by atoms with E-state index in [1.54, 1.807) is 5.06 Å². The lowest BCUT2D eigenvalue weighted by molar-refractivity contribution is -0.218. The van der Waals surface area contributed by atoms with Gasteiger partial charge in [0.25, 0.3) is 0 Å². The molecule has 2 rings (SSSR count). The molecule has 1 aliphatic heterocycles. The van der Waals surface area contributed by atoms with Gasteiger partial charge in [0.15, 0.2) is 0 Å². The Bertz CT molecular complexity index is 406. The van der Waals surface area contributed by atoms with Gasteiger partial charge in [-0.1, -0.05) is 18.2 Å². The minimum Gasteiger partial charge on any atom is -0.379 e. The molecule has 0 bridgehead atoms. The Morgan fingerprint density at radius 2 is 1.89 bits per heavy atom. The second-order valence-corrected chi connectivity index (χ2v) is 5.68. The van der Waals surface area contributed by atoms with Crippen molar-refractivity contribution in [2.45, 2.75) is 26.8 Å². The van der Waals surface area contributed by atoms with Gasteiger partial charge in [0, 0.05) is 5.69 Å². The quantitative estimate of drug-likeness (QED) is 0.891. The highest BCUT2D eigenvalue weighted by atomic mass is 16.7. The average Bonchev–Trinajstić information content (AvgIpc) is 2.26. The largest absolute Gasteiger partial charge is 0.379 e. The highest BCUT2D eigenvalue weighted by Gasteiger charge is 2.33. The first-order valence-corrected chi connectivity index (χ1v) is 6.24. The van der Waals surface area contributed by atoms with E-state index in [1.807, 2.05) is 51.1 Å². The summed E-state index contributed by atoms with van der Waals surface area (Å²) in [6, 6.07) is 10.4. The number of nitrogens with one attached hydrogen (secondary N) is 1. The Morgan fingerprint density at radius 1 is 1.28 bits per heavy atom. The van der Waals surface area contributed by atoms with Crippen LogP contribution in [0.2, 0.25) is 0 Å². The summed E-state index contributed by atoms with van der Waals surface area (Å²) >= 11 is 0. The molecule has 0 saturated carbocycles. The number of carbonyl (C=O) groups excluding carboxylic acids is 1. The first-order chi connectivity index (χ1) is 8.45. The monoisotopic (exact) mass is 248 g/mol. The van der Waals surface area contributed by atoms with Gasteiger partial charge < -0.3 is 10.2 Å². The molecule has 1 fully saturated rings. The first-order valence-electron chi connectivity index (χ1n) is 6.24. The molecule has 1 saturated heterocycles. The van der Waals surface area contributed by atoms with Gasteiger partial charge in [-0.2, -0.15) is 0 Å². The van der Waals surface area contributed by atoms with Crippen LogP contribution in [-0.2, 0) is 9.63 Å². The van der Waals surface area contributed by atoms with Crippen LogP contribution in [0.15, 0.2) is 30.3 Å². The molecule has 0 radical (unpaired) electrons. The molecule has 18 heavy (non-hydrogen) atoms. The lowest BCUT2D eigenvalue weighted by Crippen LogP contribution is -2.55. The molecule has 1 aromatic rings. The van der Waals surface area contributed by atoms with Crippen LogP contribution < -0.4 is 5.32 Å².